The van der Waals surface area contributed by atoms with Crippen molar-refractivity contribution in [3.05, 3.63) is 0 Å². The number of nitrogens with one attached hydrogen (secondary N) is 1. The average molecular weight is 218 g/mol. The van der Waals surface area contributed by atoms with Crippen molar-refractivity contribution >= 4 is 11.9 Å². The number of aliphatic hydroxyl groups excluding tert-OH is 1. The van der Waals surface area contributed by atoms with Crippen molar-refractivity contribution in [3.8, 4) is 0 Å². The monoisotopic (exact) mass is 218 g/mol. The van der Waals surface area contributed by atoms with E-state index in [4.69, 9.17) is 15.9 Å². The molecule has 0 fully saturated rings. The number of carboxylic acid groups (broad SMARTS) is 1. The van der Waals surface area contributed by atoms with Crippen molar-refractivity contribution in [3.63, 3.8) is 0 Å². The molecular weight excluding hydrogens is 200 g/mol. The minimum atomic E-state index is -1.17. The molecule has 0 saturated carbocycles. The first-order chi connectivity index (χ1) is 7.02. The van der Waals surface area contributed by atoms with Gasteiger partial charge in [-0.05, 0) is 6.42 Å². The molecule has 0 aromatic heterocycles. The number of rotatable bonds is 7. The summed E-state index contributed by atoms with van der Waals surface area (Å²) >= 11 is 0. The van der Waals surface area contributed by atoms with Gasteiger partial charge in [0.25, 0.3) is 0 Å². The Morgan fingerprint density at radius 3 is 2.40 bits per heavy atom. The first-order valence-electron chi connectivity index (χ1n) is 4.92. The summed E-state index contributed by atoms with van der Waals surface area (Å²) in [5.41, 5.74) is 5.50. The maximum atomic E-state index is 11.3. The molecule has 88 valence electrons. The van der Waals surface area contributed by atoms with Gasteiger partial charge in [-0.3, -0.25) is 4.79 Å². The zero-order valence-corrected chi connectivity index (χ0v) is 8.77. The molecule has 2 atom stereocenters. The molecule has 0 saturated heterocycles. The number of nitrogens with two attached hydrogens (primary N) is 1. The number of amides is 1. The summed E-state index contributed by atoms with van der Waals surface area (Å²) in [7, 11) is 0. The number of carbonyl (C=O) groups excluding carboxylic acids is 1. The van der Waals surface area contributed by atoms with Crippen LogP contribution in [0.3, 0.4) is 0 Å². The Morgan fingerprint density at radius 1 is 1.40 bits per heavy atom. The first kappa shape index (κ1) is 13.9. The first-order valence-corrected chi connectivity index (χ1v) is 4.92. The van der Waals surface area contributed by atoms with Gasteiger partial charge in [-0.1, -0.05) is 13.3 Å². The minimum absolute atomic E-state index is 0.0140. The molecule has 1 amide bonds. The summed E-state index contributed by atoms with van der Waals surface area (Å²) in [6.07, 6.45) is 1.25. The van der Waals surface area contributed by atoms with Crippen molar-refractivity contribution in [1.29, 1.82) is 0 Å². The van der Waals surface area contributed by atoms with Gasteiger partial charge in [0.1, 0.15) is 6.04 Å². The molecule has 6 nitrogen and oxygen atoms in total. The smallest absolute Gasteiger partial charge is 0.326 e. The second-order valence-corrected chi connectivity index (χ2v) is 3.31. The van der Waals surface area contributed by atoms with Crippen molar-refractivity contribution in [2.24, 2.45) is 5.73 Å². The number of carbonyl (C=O) groups is 2. The van der Waals surface area contributed by atoms with E-state index in [1.807, 2.05) is 6.92 Å². The molecular formula is C9H18N2O4. The molecule has 0 heterocycles. The van der Waals surface area contributed by atoms with Crippen LogP contribution in [0.4, 0.5) is 0 Å². The van der Waals surface area contributed by atoms with Gasteiger partial charge in [0.15, 0.2) is 0 Å². The van der Waals surface area contributed by atoms with Gasteiger partial charge in [0.05, 0.1) is 6.04 Å². The maximum absolute atomic E-state index is 11.3. The largest absolute Gasteiger partial charge is 0.480 e. The summed E-state index contributed by atoms with van der Waals surface area (Å²) in [5, 5.41) is 19.6. The number of carboxylic acids is 1. The fraction of sp³-hybridized carbons (Fsp3) is 0.778. The van der Waals surface area contributed by atoms with E-state index in [0.717, 1.165) is 6.42 Å². The van der Waals surface area contributed by atoms with Crippen LogP contribution in [0.1, 0.15) is 26.2 Å². The molecule has 6 heteroatoms. The lowest BCUT2D eigenvalue weighted by Crippen LogP contribution is -2.48. The van der Waals surface area contributed by atoms with E-state index in [0.29, 0.717) is 6.42 Å². The Kier molecular flexibility index (Phi) is 6.64. The van der Waals surface area contributed by atoms with Crippen LogP contribution in [0.2, 0.25) is 0 Å². The van der Waals surface area contributed by atoms with Crippen LogP contribution < -0.4 is 11.1 Å². The zero-order chi connectivity index (χ0) is 11.8. The topological polar surface area (TPSA) is 113 Å². The standard InChI is InChI=1S/C9H18N2O4/c1-2-3-6(10)8(13)11-7(4-5-12)9(14)15/h6-7,12H,2-5,10H2,1H3,(H,11,13)(H,14,15)/t6-,7?/m1/s1. The van der Waals surface area contributed by atoms with Crippen molar-refractivity contribution in [1.82, 2.24) is 5.32 Å². The fourth-order valence-electron chi connectivity index (χ4n) is 1.11. The number of hydrogen-bond donors (Lipinski definition) is 4. The van der Waals surface area contributed by atoms with Crippen molar-refractivity contribution in [2.75, 3.05) is 6.61 Å². The molecule has 0 aromatic rings. The Bertz CT molecular complexity index is 220. The Morgan fingerprint density at radius 2 is 2.00 bits per heavy atom. The van der Waals surface area contributed by atoms with E-state index in [2.05, 4.69) is 5.32 Å². The minimum Gasteiger partial charge on any atom is -0.480 e. The third-order valence-electron chi connectivity index (χ3n) is 1.97. The van der Waals surface area contributed by atoms with Crippen LogP contribution in [0.25, 0.3) is 0 Å². The SMILES string of the molecule is CCC[C@@H](N)C(=O)NC(CCO)C(=O)O. The zero-order valence-electron chi connectivity index (χ0n) is 8.77. The van der Waals surface area contributed by atoms with Gasteiger partial charge in [-0.15, -0.1) is 0 Å². The van der Waals surface area contributed by atoms with Crippen molar-refractivity contribution < 1.29 is 19.8 Å². The molecule has 0 aliphatic carbocycles. The molecule has 0 rings (SSSR count). The highest BCUT2D eigenvalue weighted by Crippen LogP contribution is 1.96. The van der Waals surface area contributed by atoms with E-state index in [1.165, 1.54) is 0 Å². The lowest BCUT2D eigenvalue weighted by atomic mass is 10.1. The summed E-state index contributed by atoms with van der Waals surface area (Å²) in [5.74, 6) is -1.65. The molecule has 0 radical (unpaired) electrons. The average Bonchev–Trinajstić information content (AvgIpc) is 2.17. The second-order valence-electron chi connectivity index (χ2n) is 3.31. The summed E-state index contributed by atoms with van der Waals surface area (Å²) in [6.45, 7) is 1.59. The highest BCUT2D eigenvalue weighted by atomic mass is 16.4. The molecule has 0 aliphatic rings. The number of aliphatic carboxylic acids is 1. The second kappa shape index (κ2) is 7.19. The van der Waals surface area contributed by atoms with Gasteiger partial charge in [-0.2, -0.15) is 0 Å². The van der Waals surface area contributed by atoms with E-state index in [1.54, 1.807) is 0 Å². The predicted molar refractivity (Wildman–Crippen MR) is 54.2 cm³/mol. The Hall–Kier alpha value is -1.14. The Balaban J connectivity index is 4.15. The van der Waals surface area contributed by atoms with E-state index < -0.39 is 24.0 Å². The summed E-state index contributed by atoms with van der Waals surface area (Å²) < 4.78 is 0. The van der Waals surface area contributed by atoms with E-state index >= 15 is 0 Å². The third kappa shape index (κ3) is 5.34. The van der Waals surface area contributed by atoms with E-state index in [-0.39, 0.29) is 13.0 Å². The molecule has 15 heavy (non-hydrogen) atoms. The van der Waals surface area contributed by atoms with Gasteiger partial charge < -0.3 is 21.3 Å². The predicted octanol–water partition coefficient (Wildman–Crippen LogP) is -0.934. The quantitative estimate of drug-likeness (QED) is 0.441. The molecule has 0 aromatic carbocycles. The third-order valence-corrected chi connectivity index (χ3v) is 1.97. The van der Waals surface area contributed by atoms with Gasteiger partial charge in [0.2, 0.25) is 5.91 Å². The lowest BCUT2D eigenvalue weighted by Gasteiger charge is -2.16. The normalized spacial score (nSPS) is 14.3. The van der Waals surface area contributed by atoms with E-state index in [9.17, 15) is 9.59 Å². The van der Waals surface area contributed by atoms with Gasteiger partial charge >= 0.3 is 5.97 Å². The van der Waals surface area contributed by atoms with Crippen LogP contribution in [-0.2, 0) is 9.59 Å². The van der Waals surface area contributed by atoms with Gasteiger partial charge in [-0.25, -0.2) is 4.79 Å². The summed E-state index contributed by atoms with van der Waals surface area (Å²) in [4.78, 5) is 22.0. The summed E-state index contributed by atoms with van der Waals surface area (Å²) in [6, 6.07) is -1.75. The Labute approximate surface area is 88.5 Å². The number of aliphatic hydroxyl groups is 1. The van der Waals surface area contributed by atoms with Crippen LogP contribution in [0.5, 0.6) is 0 Å². The highest BCUT2D eigenvalue weighted by molar-refractivity contribution is 5.86. The maximum Gasteiger partial charge on any atom is 0.326 e. The van der Waals surface area contributed by atoms with Crippen LogP contribution in [0.15, 0.2) is 0 Å². The lowest BCUT2D eigenvalue weighted by molar-refractivity contribution is -0.142. The molecule has 5 N–H and O–H groups in total. The fourth-order valence-corrected chi connectivity index (χ4v) is 1.11. The van der Waals surface area contributed by atoms with Crippen LogP contribution in [-0.4, -0.2) is 40.8 Å². The van der Waals surface area contributed by atoms with Crippen LogP contribution >= 0.6 is 0 Å². The van der Waals surface area contributed by atoms with Gasteiger partial charge in [0, 0.05) is 13.0 Å². The molecule has 0 bridgehead atoms. The molecule has 0 aliphatic heterocycles. The molecule has 1 unspecified atom stereocenters. The van der Waals surface area contributed by atoms with Crippen molar-refractivity contribution in [2.45, 2.75) is 38.3 Å². The highest BCUT2D eigenvalue weighted by Gasteiger charge is 2.21. The number of hydrogen-bond acceptors (Lipinski definition) is 4. The molecule has 0 spiro atoms. The van der Waals surface area contributed by atoms with Crippen LogP contribution in [0, 0.1) is 0 Å².